The van der Waals surface area contributed by atoms with Crippen molar-refractivity contribution in [1.29, 1.82) is 0 Å². The average molecular weight is 335 g/mol. The van der Waals surface area contributed by atoms with E-state index in [1.54, 1.807) is 12.1 Å². The van der Waals surface area contributed by atoms with Crippen molar-refractivity contribution in [2.24, 2.45) is 0 Å². The maximum absolute atomic E-state index is 13.4. The van der Waals surface area contributed by atoms with Crippen LogP contribution in [-0.4, -0.2) is 5.78 Å². The van der Waals surface area contributed by atoms with Crippen LogP contribution in [-0.2, 0) is 6.42 Å². The van der Waals surface area contributed by atoms with Gasteiger partial charge in [0.05, 0.1) is 4.47 Å². The Kier molecular flexibility index (Phi) is 4.71. The molecule has 0 unspecified atom stereocenters. The van der Waals surface area contributed by atoms with Gasteiger partial charge in [-0.05, 0) is 53.9 Å². The molecule has 0 amide bonds. The number of hydrogen-bond acceptors (Lipinski definition) is 1. The molecule has 0 radical (unpaired) electrons. The molecular weight excluding hydrogens is 319 g/mol. The number of aryl methyl sites for hydroxylation is 3. The molecule has 0 aromatic heterocycles. The molecule has 0 saturated carbocycles. The Morgan fingerprint density at radius 2 is 1.75 bits per heavy atom. The lowest BCUT2D eigenvalue weighted by atomic mass is 10.00. The molecule has 0 N–H and O–H groups in total. The number of rotatable bonds is 4. The highest BCUT2D eigenvalue weighted by Crippen LogP contribution is 2.18. The topological polar surface area (TPSA) is 17.1 Å². The van der Waals surface area contributed by atoms with Crippen LogP contribution in [0.25, 0.3) is 0 Å². The van der Waals surface area contributed by atoms with Crippen LogP contribution in [0.4, 0.5) is 4.39 Å². The van der Waals surface area contributed by atoms with Gasteiger partial charge in [-0.1, -0.05) is 35.4 Å². The normalized spacial score (nSPS) is 10.6. The standard InChI is InChI=1S/C17H16BrFO/c1-11-7-12(2)9-13(8-11)3-6-17(20)14-4-5-15(18)16(19)10-14/h4-5,7-10H,3,6H2,1-2H3. The van der Waals surface area contributed by atoms with Gasteiger partial charge in [0.1, 0.15) is 5.82 Å². The first kappa shape index (κ1) is 14.9. The van der Waals surface area contributed by atoms with Crippen LogP contribution in [0, 0.1) is 19.7 Å². The Balaban J connectivity index is 2.06. The second kappa shape index (κ2) is 6.31. The van der Waals surface area contributed by atoms with Gasteiger partial charge in [0.15, 0.2) is 5.78 Å². The molecule has 2 rings (SSSR count). The van der Waals surface area contributed by atoms with E-state index in [0.29, 0.717) is 22.9 Å². The van der Waals surface area contributed by atoms with Gasteiger partial charge >= 0.3 is 0 Å². The molecule has 0 spiro atoms. The van der Waals surface area contributed by atoms with Gasteiger partial charge in [-0.2, -0.15) is 0 Å². The van der Waals surface area contributed by atoms with Crippen LogP contribution in [0.2, 0.25) is 0 Å². The van der Waals surface area contributed by atoms with E-state index in [2.05, 4.69) is 34.1 Å². The third kappa shape index (κ3) is 3.76. The Bertz CT molecular complexity index is 629. The van der Waals surface area contributed by atoms with Crippen LogP contribution >= 0.6 is 15.9 Å². The zero-order chi connectivity index (χ0) is 14.7. The summed E-state index contributed by atoms with van der Waals surface area (Å²) in [4.78, 5) is 12.1. The summed E-state index contributed by atoms with van der Waals surface area (Å²) in [6.45, 7) is 4.09. The summed E-state index contributed by atoms with van der Waals surface area (Å²) in [6, 6.07) is 10.8. The first-order chi connectivity index (χ1) is 9.45. The third-order valence-corrected chi connectivity index (χ3v) is 3.81. The molecule has 3 heteroatoms. The minimum absolute atomic E-state index is 0.0319. The number of benzene rings is 2. The van der Waals surface area contributed by atoms with E-state index in [0.717, 1.165) is 5.56 Å². The summed E-state index contributed by atoms with van der Waals surface area (Å²) in [7, 11) is 0. The van der Waals surface area contributed by atoms with Crippen LogP contribution in [0.1, 0.15) is 33.5 Å². The zero-order valence-electron chi connectivity index (χ0n) is 11.5. The van der Waals surface area contributed by atoms with Crippen molar-refractivity contribution in [3.63, 3.8) is 0 Å². The minimum atomic E-state index is -0.401. The Hall–Kier alpha value is -1.48. The van der Waals surface area contributed by atoms with Crippen molar-refractivity contribution in [3.05, 3.63) is 68.9 Å². The highest BCUT2D eigenvalue weighted by molar-refractivity contribution is 9.10. The van der Waals surface area contributed by atoms with E-state index in [1.165, 1.54) is 17.2 Å². The Labute approximate surface area is 127 Å². The van der Waals surface area contributed by atoms with E-state index >= 15 is 0 Å². The molecule has 0 aliphatic carbocycles. The molecular formula is C17H16BrFO. The molecule has 0 aliphatic rings. The van der Waals surface area contributed by atoms with Gasteiger partial charge in [0, 0.05) is 12.0 Å². The predicted octanol–water partition coefficient (Wildman–Crippen LogP) is 5.02. The van der Waals surface area contributed by atoms with Gasteiger partial charge in [-0.25, -0.2) is 4.39 Å². The summed E-state index contributed by atoms with van der Waals surface area (Å²) in [6.07, 6.45) is 1.07. The van der Waals surface area contributed by atoms with Gasteiger partial charge in [-0.15, -0.1) is 0 Å². The number of halogens is 2. The first-order valence-electron chi connectivity index (χ1n) is 6.51. The van der Waals surface area contributed by atoms with Crippen LogP contribution in [0.5, 0.6) is 0 Å². The van der Waals surface area contributed by atoms with E-state index in [1.807, 2.05) is 13.8 Å². The molecule has 2 aromatic carbocycles. The highest BCUT2D eigenvalue weighted by Gasteiger charge is 2.09. The highest BCUT2D eigenvalue weighted by atomic mass is 79.9. The van der Waals surface area contributed by atoms with Crippen molar-refractivity contribution < 1.29 is 9.18 Å². The lowest BCUT2D eigenvalue weighted by Gasteiger charge is -2.05. The van der Waals surface area contributed by atoms with Gasteiger partial charge < -0.3 is 0 Å². The van der Waals surface area contributed by atoms with E-state index in [9.17, 15) is 9.18 Å². The third-order valence-electron chi connectivity index (χ3n) is 3.16. The van der Waals surface area contributed by atoms with Gasteiger partial charge in [0.25, 0.3) is 0 Å². The Morgan fingerprint density at radius 1 is 1.10 bits per heavy atom. The second-order valence-corrected chi connectivity index (χ2v) is 5.90. The fourth-order valence-electron chi connectivity index (χ4n) is 2.29. The number of ketones is 1. The van der Waals surface area contributed by atoms with Crippen molar-refractivity contribution in [2.45, 2.75) is 26.7 Å². The lowest BCUT2D eigenvalue weighted by molar-refractivity contribution is 0.0982. The first-order valence-corrected chi connectivity index (χ1v) is 7.30. The van der Waals surface area contributed by atoms with Crippen molar-refractivity contribution in [3.8, 4) is 0 Å². The minimum Gasteiger partial charge on any atom is -0.294 e. The van der Waals surface area contributed by atoms with Crippen LogP contribution < -0.4 is 0 Å². The number of hydrogen-bond donors (Lipinski definition) is 0. The second-order valence-electron chi connectivity index (χ2n) is 5.05. The maximum atomic E-state index is 13.4. The van der Waals surface area contributed by atoms with Gasteiger partial charge in [0.2, 0.25) is 0 Å². The summed E-state index contributed by atoms with van der Waals surface area (Å²) < 4.78 is 13.8. The summed E-state index contributed by atoms with van der Waals surface area (Å²) in [5.74, 6) is -0.433. The number of carbonyl (C=O) groups excluding carboxylic acids is 1. The monoisotopic (exact) mass is 334 g/mol. The quantitative estimate of drug-likeness (QED) is 0.717. The van der Waals surface area contributed by atoms with E-state index in [-0.39, 0.29) is 5.78 Å². The van der Waals surface area contributed by atoms with Crippen LogP contribution in [0.15, 0.2) is 40.9 Å². The molecule has 20 heavy (non-hydrogen) atoms. The molecule has 0 heterocycles. The summed E-state index contributed by atoms with van der Waals surface area (Å²) in [5.41, 5.74) is 3.97. The zero-order valence-corrected chi connectivity index (χ0v) is 13.1. The average Bonchev–Trinajstić information content (AvgIpc) is 2.38. The van der Waals surface area contributed by atoms with E-state index in [4.69, 9.17) is 0 Å². The van der Waals surface area contributed by atoms with Crippen molar-refractivity contribution in [1.82, 2.24) is 0 Å². The smallest absolute Gasteiger partial charge is 0.163 e. The molecule has 0 fully saturated rings. The maximum Gasteiger partial charge on any atom is 0.163 e. The largest absolute Gasteiger partial charge is 0.294 e. The molecule has 0 saturated heterocycles. The number of carbonyl (C=O) groups is 1. The van der Waals surface area contributed by atoms with Gasteiger partial charge in [-0.3, -0.25) is 4.79 Å². The SMILES string of the molecule is Cc1cc(C)cc(CCC(=O)c2ccc(Br)c(F)c2)c1. The molecule has 0 aliphatic heterocycles. The van der Waals surface area contributed by atoms with Crippen LogP contribution in [0.3, 0.4) is 0 Å². The lowest BCUT2D eigenvalue weighted by Crippen LogP contribution is -2.02. The summed E-state index contributed by atoms with van der Waals surface area (Å²) in [5, 5.41) is 0. The molecule has 0 bridgehead atoms. The van der Waals surface area contributed by atoms with Crippen molar-refractivity contribution >= 4 is 21.7 Å². The molecule has 1 nitrogen and oxygen atoms in total. The predicted molar refractivity (Wildman–Crippen MR) is 82.7 cm³/mol. The Morgan fingerprint density at radius 3 is 2.35 bits per heavy atom. The summed E-state index contributed by atoms with van der Waals surface area (Å²) >= 11 is 3.08. The number of Topliss-reactive ketones (excluding diaryl/α,β-unsaturated/α-hetero) is 1. The fraction of sp³-hybridized carbons (Fsp3) is 0.235. The van der Waals surface area contributed by atoms with Crippen molar-refractivity contribution in [2.75, 3.05) is 0 Å². The molecule has 0 atom stereocenters. The molecule has 2 aromatic rings. The molecule has 104 valence electrons. The van der Waals surface area contributed by atoms with E-state index < -0.39 is 5.82 Å². The fourth-order valence-corrected chi connectivity index (χ4v) is 2.53.